The molecule has 0 bridgehead atoms. The molecular weight excluding hydrogens is 390 g/mol. The number of aryl methyl sites for hydroxylation is 2. The average molecular weight is 403 g/mol. The van der Waals surface area contributed by atoms with Gasteiger partial charge in [0.2, 0.25) is 0 Å². The van der Waals surface area contributed by atoms with Crippen LogP contribution >= 0.6 is 23.2 Å². The number of benzene rings is 1. The molecule has 1 aromatic carbocycles. The van der Waals surface area contributed by atoms with Crippen molar-refractivity contribution in [1.29, 1.82) is 0 Å². The van der Waals surface area contributed by atoms with E-state index in [1.165, 1.54) is 16.8 Å². The van der Waals surface area contributed by atoms with Gasteiger partial charge in [0.05, 0.1) is 20.9 Å². The van der Waals surface area contributed by atoms with Crippen LogP contribution in [0.3, 0.4) is 0 Å². The summed E-state index contributed by atoms with van der Waals surface area (Å²) in [6, 6.07) is 5.97. The smallest absolute Gasteiger partial charge is 0.142 e. The Morgan fingerprint density at radius 1 is 1.07 bits per heavy atom. The molecule has 136 valence electrons. The molecule has 0 radical (unpaired) electrons. The Bertz CT molecular complexity index is 1130. The van der Waals surface area contributed by atoms with E-state index in [1.807, 2.05) is 19.9 Å². The summed E-state index contributed by atoms with van der Waals surface area (Å²) < 4.78 is 15.0. The largest absolute Gasteiger partial charge is 0.324 e. The van der Waals surface area contributed by atoms with Gasteiger partial charge >= 0.3 is 0 Å². The number of halogens is 3. The highest BCUT2D eigenvalue weighted by Crippen LogP contribution is 2.32. The van der Waals surface area contributed by atoms with Crippen molar-refractivity contribution in [2.24, 2.45) is 0 Å². The maximum Gasteiger partial charge on any atom is 0.142 e. The van der Waals surface area contributed by atoms with Crippen LogP contribution in [-0.4, -0.2) is 24.7 Å². The van der Waals surface area contributed by atoms with Crippen molar-refractivity contribution in [1.82, 2.24) is 24.7 Å². The molecule has 9 heteroatoms. The van der Waals surface area contributed by atoms with Crippen molar-refractivity contribution >= 4 is 45.7 Å². The molecule has 0 saturated carbocycles. The van der Waals surface area contributed by atoms with E-state index in [0.717, 1.165) is 11.1 Å². The molecule has 4 rings (SSSR count). The zero-order chi connectivity index (χ0) is 19.1. The fourth-order valence-corrected chi connectivity index (χ4v) is 3.45. The van der Waals surface area contributed by atoms with Gasteiger partial charge in [0, 0.05) is 24.2 Å². The van der Waals surface area contributed by atoms with Crippen LogP contribution in [0.5, 0.6) is 0 Å². The number of nitrogens with zero attached hydrogens (tertiary/aromatic N) is 5. The van der Waals surface area contributed by atoms with Crippen molar-refractivity contribution in [3.05, 3.63) is 64.0 Å². The van der Waals surface area contributed by atoms with Gasteiger partial charge in [-0.2, -0.15) is 5.10 Å². The van der Waals surface area contributed by atoms with Crippen molar-refractivity contribution in [3.8, 4) is 5.69 Å². The summed E-state index contributed by atoms with van der Waals surface area (Å²) in [6.07, 6.45) is 3.37. The quantitative estimate of drug-likeness (QED) is 0.521. The van der Waals surface area contributed by atoms with Crippen LogP contribution in [0.1, 0.15) is 11.5 Å². The fraction of sp³-hybridized carbons (Fsp3) is 0.111. The Labute approximate surface area is 164 Å². The molecule has 0 fully saturated rings. The molecule has 0 aliphatic carbocycles. The van der Waals surface area contributed by atoms with Crippen LogP contribution in [0.15, 0.2) is 36.7 Å². The summed E-state index contributed by atoms with van der Waals surface area (Å²) in [5, 5.41) is 8.74. The lowest BCUT2D eigenvalue weighted by molar-refractivity contribution is 0.627. The highest BCUT2D eigenvalue weighted by Gasteiger charge is 2.15. The Morgan fingerprint density at radius 3 is 2.52 bits per heavy atom. The first-order chi connectivity index (χ1) is 12.9. The van der Waals surface area contributed by atoms with Crippen LogP contribution in [0.25, 0.3) is 16.6 Å². The fourth-order valence-electron chi connectivity index (χ4n) is 2.81. The minimum absolute atomic E-state index is 0.164. The number of nitrogens with one attached hydrogen (secondary N) is 1. The first-order valence-electron chi connectivity index (χ1n) is 7.99. The van der Waals surface area contributed by atoms with Crippen molar-refractivity contribution in [3.63, 3.8) is 0 Å². The number of aromatic nitrogens is 5. The minimum Gasteiger partial charge on any atom is -0.324 e. The first kappa shape index (κ1) is 17.6. The maximum absolute atomic E-state index is 13.5. The highest BCUT2D eigenvalue weighted by atomic mass is 35.5. The number of fused-ring (bicyclic) bond motifs is 1. The number of pyridine rings is 1. The van der Waals surface area contributed by atoms with Crippen LogP contribution in [-0.2, 0) is 0 Å². The molecule has 0 amide bonds. The third-order valence-electron chi connectivity index (χ3n) is 3.86. The molecule has 0 spiro atoms. The Balaban J connectivity index is 1.81. The molecule has 3 heterocycles. The van der Waals surface area contributed by atoms with Gasteiger partial charge in [-0.15, -0.1) is 0 Å². The molecule has 6 nitrogen and oxygen atoms in total. The monoisotopic (exact) mass is 402 g/mol. The summed E-state index contributed by atoms with van der Waals surface area (Å²) in [5.74, 6) is 1.35. The third-order valence-corrected chi connectivity index (χ3v) is 4.43. The van der Waals surface area contributed by atoms with E-state index in [4.69, 9.17) is 23.2 Å². The second-order valence-electron chi connectivity index (χ2n) is 5.95. The minimum atomic E-state index is -0.510. The third kappa shape index (κ3) is 3.43. The molecule has 0 atom stereocenters. The van der Waals surface area contributed by atoms with Crippen LogP contribution < -0.4 is 5.32 Å². The lowest BCUT2D eigenvalue weighted by Gasteiger charge is -2.07. The van der Waals surface area contributed by atoms with Gasteiger partial charge in [0.25, 0.3) is 0 Å². The molecule has 3 aromatic heterocycles. The maximum atomic E-state index is 13.5. The van der Waals surface area contributed by atoms with E-state index in [9.17, 15) is 4.39 Å². The lowest BCUT2D eigenvalue weighted by atomic mass is 10.3. The number of hydrogen-bond donors (Lipinski definition) is 1. The SMILES string of the molecule is Cc1cc(Nc2nccc3nn(-c4c(Cl)cc(F)cc4Cl)cc23)nc(C)n1. The van der Waals surface area contributed by atoms with E-state index in [0.29, 0.717) is 28.7 Å². The topological polar surface area (TPSA) is 68.5 Å². The lowest BCUT2D eigenvalue weighted by Crippen LogP contribution is -2.00. The Hall–Kier alpha value is -2.77. The van der Waals surface area contributed by atoms with E-state index in [2.05, 4.69) is 25.4 Å². The van der Waals surface area contributed by atoms with Gasteiger partial charge in [0.1, 0.15) is 29.0 Å². The van der Waals surface area contributed by atoms with Gasteiger partial charge < -0.3 is 5.32 Å². The van der Waals surface area contributed by atoms with Gasteiger partial charge in [-0.25, -0.2) is 24.0 Å². The summed E-state index contributed by atoms with van der Waals surface area (Å²) in [5.41, 5.74) is 1.92. The summed E-state index contributed by atoms with van der Waals surface area (Å²) in [6.45, 7) is 3.72. The van der Waals surface area contributed by atoms with E-state index in [-0.39, 0.29) is 10.0 Å². The summed E-state index contributed by atoms with van der Waals surface area (Å²) >= 11 is 12.3. The van der Waals surface area contributed by atoms with Crippen molar-refractivity contribution < 1.29 is 4.39 Å². The molecule has 0 aliphatic rings. The predicted octanol–water partition coefficient (Wildman–Crippen LogP) is 5.02. The molecule has 1 N–H and O–H groups in total. The van der Waals surface area contributed by atoms with Crippen molar-refractivity contribution in [2.45, 2.75) is 13.8 Å². The highest BCUT2D eigenvalue weighted by molar-refractivity contribution is 6.37. The zero-order valence-corrected chi connectivity index (χ0v) is 15.8. The number of hydrogen-bond acceptors (Lipinski definition) is 5. The van der Waals surface area contributed by atoms with Gasteiger partial charge in [-0.3, -0.25) is 0 Å². The van der Waals surface area contributed by atoms with Crippen LogP contribution in [0, 0.1) is 19.7 Å². The molecule has 0 unspecified atom stereocenters. The summed E-state index contributed by atoms with van der Waals surface area (Å²) in [7, 11) is 0. The number of anilines is 2. The van der Waals surface area contributed by atoms with E-state index in [1.54, 1.807) is 18.5 Å². The predicted molar refractivity (Wildman–Crippen MR) is 104 cm³/mol. The second kappa shape index (κ2) is 6.75. The molecule has 27 heavy (non-hydrogen) atoms. The van der Waals surface area contributed by atoms with Crippen molar-refractivity contribution in [2.75, 3.05) is 5.32 Å². The Kier molecular flexibility index (Phi) is 4.41. The molecule has 0 aliphatic heterocycles. The molecular formula is C18H13Cl2FN6. The second-order valence-corrected chi connectivity index (χ2v) is 6.77. The van der Waals surface area contributed by atoms with Gasteiger partial charge in [0.15, 0.2) is 0 Å². The van der Waals surface area contributed by atoms with E-state index >= 15 is 0 Å². The van der Waals surface area contributed by atoms with Crippen LogP contribution in [0.4, 0.5) is 16.0 Å². The van der Waals surface area contributed by atoms with Gasteiger partial charge in [-0.1, -0.05) is 23.2 Å². The first-order valence-corrected chi connectivity index (χ1v) is 8.75. The standard InChI is InChI=1S/C18H13Cl2FN6/c1-9-5-16(24-10(2)23-9)25-18-12-8-27(26-15(12)3-4-22-18)17-13(19)6-11(21)7-14(17)20/h3-8H,1-2H3,(H,22,23,24,25). The average Bonchev–Trinajstić information content (AvgIpc) is 2.97. The van der Waals surface area contributed by atoms with Crippen LogP contribution in [0.2, 0.25) is 10.0 Å². The zero-order valence-electron chi connectivity index (χ0n) is 14.3. The molecule has 0 saturated heterocycles. The normalized spacial score (nSPS) is 11.1. The van der Waals surface area contributed by atoms with Gasteiger partial charge in [-0.05, 0) is 32.0 Å². The number of rotatable bonds is 3. The summed E-state index contributed by atoms with van der Waals surface area (Å²) in [4.78, 5) is 13.0. The molecule has 4 aromatic rings. The Morgan fingerprint density at radius 2 is 1.81 bits per heavy atom. The van der Waals surface area contributed by atoms with E-state index < -0.39 is 5.82 Å².